The van der Waals surface area contributed by atoms with Gasteiger partial charge in [0.2, 0.25) is 11.8 Å². The molecule has 25 heavy (non-hydrogen) atoms. The van der Waals surface area contributed by atoms with Gasteiger partial charge in [-0.25, -0.2) is 8.78 Å². The second-order valence-electron chi connectivity index (χ2n) is 5.78. The monoisotopic (exact) mass is 364 g/mol. The van der Waals surface area contributed by atoms with Gasteiger partial charge in [0.25, 0.3) is 0 Å². The Hall–Kier alpha value is -2.47. The molecule has 4 nitrogen and oxygen atoms in total. The van der Waals surface area contributed by atoms with Gasteiger partial charge in [-0.3, -0.25) is 9.59 Å². The van der Waals surface area contributed by atoms with Crippen molar-refractivity contribution in [1.82, 2.24) is 5.32 Å². The molecule has 2 aromatic rings. The summed E-state index contributed by atoms with van der Waals surface area (Å²) in [5.74, 6) is -3.17. The van der Waals surface area contributed by atoms with E-state index >= 15 is 0 Å². The molecule has 2 amide bonds. The number of hydrogen-bond donors (Lipinski definition) is 1. The molecule has 1 fully saturated rings. The average Bonchev–Trinajstić information content (AvgIpc) is 2.95. The van der Waals surface area contributed by atoms with Crippen molar-refractivity contribution in [2.45, 2.75) is 13.0 Å². The second-order valence-corrected chi connectivity index (χ2v) is 6.19. The summed E-state index contributed by atoms with van der Waals surface area (Å²) >= 11 is 6.03. The molecule has 1 saturated heterocycles. The Morgan fingerprint density at radius 1 is 1.16 bits per heavy atom. The molecular weight excluding hydrogens is 350 g/mol. The first-order chi connectivity index (χ1) is 12.0. The van der Waals surface area contributed by atoms with Gasteiger partial charge in [-0.1, -0.05) is 35.9 Å². The number of hydrogen-bond acceptors (Lipinski definition) is 2. The quantitative estimate of drug-likeness (QED) is 0.905. The Morgan fingerprint density at radius 2 is 1.84 bits per heavy atom. The number of amides is 2. The van der Waals surface area contributed by atoms with E-state index in [-0.39, 0.29) is 25.4 Å². The highest BCUT2D eigenvalue weighted by Crippen LogP contribution is 2.30. The van der Waals surface area contributed by atoms with Gasteiger partial charge in [-0.2, -0.15) is 0 Å². The summed E-state index contributed by atoms with van der Waals surface area (Å²) < 4.78 is 27.7. The lowest BCUT2D eigenvalue weighted by molar-refractivity contribution is -0.126. The van der Waals surface area contributed by atoms with Gasteiger partial charge in [-0.05, 0) is 23.8 Å². The van der Waals surface area contributed by atoms with Crippen LogP contribution in [0.3, 0.4) is 0 Å². The van der Waals surface area contributed by atoms with Gasteiger partial charge in [-0.15, -0.1) is 0 Å². The number of rotatable bonds is 4. The summed E-state index contributed by atoms with van der Waals surface area (Å²) in [5.41, 5.74) is 0.341. The van der Waals surface area contributed by atoms with Gasteiger partial charge in [0, 0.05) is 24.5 Å². The number of benzene rings is 2. The van der Waals surface area contributed by atoms with E-state index in [1.807, 2.05) is 0 Å². The van der Waals surface area contributed by atoms with Crippen molar-refractivity contribution >= 4 is 29.1 Å². The van der Waals surface area contributed by atoms with Crippen LogP contribution in [0.15, 0.2) is 42.5 Å². The zero-order valence-corrected chi connectivity index (χ0v) is 13.9. The molecule has 0 spiro atoms. The number of carbonyl (C=O) groups is 2. The van der Waals surface area contributed by atoms with E-state index in [1.165, 1.54) is 6.07 Å². The third-order valence-corrected chi connectivity index (χ3v) is 4.48. The Kier molecular flexibility index (Phi) is 4.99. The van der Waals surface area contributed by atoms with Crippen molar-refractivity contribution < 1.29 is 18.4 Å². The lowest BCUT2D eigenvalue weighted by Crippen LogP contribution is -2.33. The third kappa shape index (κ3) is 3.64. The Balaban J connectivity index is 1.68. The van der Waals surface area contributed by atoms with Crippen molar-refractivity contribution in [3.63, 3.8) is 0 Å². The fraction of sp³-hybridized carbons (Fsp3) is 0.222. The van der Waals surface area contributed by atoms with Gasteiger partial charge >= 0.3 is 0 Å². The van der Waals surface area contributed by atoms with Crippen LogP contribution in [0, 0.1) is 17.6 Å². The molecule has 1 aliphatic rings. The highest BCUT2D eigenvalue weighted by molar-refractivity contribution is 6.31. The van der Waals surface area contributed by atoms with E-state index < -0.39 is 29.1 Å². The van der Waals surface area contributed by atoms with E-state index in [0.717, 1.165) is 22.6 Å². The molecule has 0 aliphatic carbocycles. The lowest BCUT2D eigenvalue weighted by atomic mass is 10.1. The summed E-state index contributed by atoms with van der Waals surface area (Å²) in [6.45, 7) is 0.155. The van der Waals surface area contributed by atoms with Crippen LogP contribution in [0.25, 0.3) is 0 Å². The van der Waals surface area contributed by atoms with Gasteiger partial charge in [0.05, 0.1) is 5.92 Å². The maximum Gasteiger partial charge on any atom is 0.228 e. The van der Waals surface area contributed by atoms with Crippen LogP contribution >= 0.6 is 11.6 Å². The highest BCUT2D eigenvalue weighted by Gasteiger charge is 2.37. The summed E-state index contributed by atoms with van der Waals surface area (Å²) in [4.78, 5) is 25.4. The zero-order chi connectivity index (χ0) is 18.0. The number of carbonyl (C=O) groups excluding carboxylic acids is 2. The third-order valence-electron chi connectivity index (χ3n) is 4.11. The first-order valence-electron chi connectivity index (χ1n) is 7.73. The predicted molar refractivity (Wildman–Crippen MR) is 90.1 cm³/mol. The van der Waals surface area contributed by atoms with Crippen LogP contribution in [-0.2, 0) is 16.1 Å². The Bertz CT molecular complexity index is 808. The topological polar surface area (TPSA) is 49.4 Å². The molecule has 1 N–H and O–H groups in total. The smallest absolute Gasteiger partial charge is 0.228 e. The molecule has 2 aromatic carbocycles. The minimum atomic E-state index is -0.828. The standard InChI is InChI=1S/C18H15ClF2N2O2/c19-13-5-2-1-4-11(13)9-22-18(25)12-8-16(24)23(10-12)17-14(20)6-3-7-15(17)21/h1-7,12H,8-10H2,(H,22,25). The fourth-order valence-electron chi connectivity index (χ4n) is 2.81. The molecule has 1 heterocycles. The van der Waals surface area contributed by atoms with Crippen molar-refractivity contribution in [2.75, 3.05) is 11.4 Å². The number of nitrogens with zero attached hydrogens (tertiary/aromatic N) is 1. The molecule has 1 aliphatic heterocycles. The van der Waals surface area contributed by atoms with Crippen molar-refractivity contribution in [1.29, 1.82) is 0 Å². The summed E-state index contributed by atoms with van der Waals surface area (Å²) in [7, 11) is 0. The SMILES string of the molecule is O=C(NCc1ccccc1Cl)C1CC(=O)N(c2c(F)cccc2F)C1. The zero-order valence-electron chi connectivity index (χ0n) is 13.1. The lowest BCUT2D eigenvalue weighted by Gasteiger charge is -2.18. The average molecular weight is 365 g/mol. The Labute approximate surface area is 148 Å². The van der Waals surface area contributed by atoms with Crippen LogP contribution in [0.4, 0.5) is 14.5 Å². The fourth-order valence-corrected chi connectivity index (χ4v) is 3.02. The molecular formula is C18H15ClF2N2O2. The van der Waals surface area contributed by atoms with Gasteiger partial charge in [0.15, 0.2) is 0 Å². The maximum absolute atomic E-state index is 13.9. The van der Waals surface area contributed by atoms with Crippen LogP contribution < -0.4 is 10.2 Å². The van der Waals surface area contributed by atoms with E-state index in [2.05, 4.69) is 5.32 Å². The number of para-hydroxylation sites is 1. The van der Waals surface area contributed by atoms with E-state index in [1.54, 1.807) is 24.3 Å². The van der Waals surface area contributed by atoms with Crippen molar-refractivity contribution in [2.24, 2.45) is 5.92 Å². The molecule has 3 rings (SSSR count). The molecule has 0 radical (unpaired) electrons. The van der Waals surface area contributed by atoms with Crippen molar-refractivity contribution in [3.05, 3.63) is 64.7 Å². The minimum Gasteiger partial charge on any atom is -0.352 e. The first kappa shape index (κ1) is 17.4. The van der Waals surface area contributed by atoms with E-state index in [9.17, 15) is 18.4 Å². The highest BCUT2D eigenvalue weighted by atomic mass is 35.5. The van der Waals surface area contributed by atoms with Crippen LogP contribution in [0.5, 0.6) is 0 Å². The van der Waals surface area contributed by atoms with E-state index in [4.69, 9.17) is 11.6 Å². The largest absolute Gasteiger partial charge is 0.352 e. The first-order valence-corrected chi connectivity index (χ1v) is 8.10. The van der Waals surface area contributed by atoms with Crippen LogP contribution in [0.1, 0.15) is 12.0 Å². The molecule has 0 aromatic heterocycles. The summed E-state index contributed by atoms with van der Waals surface area (Å²) in [5, 5.41) is 3.24. The van der Waals surface area contributed by atoms with Gasteiger partial charge < -0.3 is 10.2 Å². The molecule has 7 heteroatoms. The predicted octanol–water partition coefficient (Wildman–Crippen LogP) is 3.29. The minimum absolute atomic E-state index is 0.0644. The maximum atomic E-state index is 13.9. The second kappa shape index (κ2) is 7.19. The number of anilines is 1. The van der Waals surface area contributed by atoms with Crippen LogP contribution in [-0.4, -0.2) is 18.4 Å². The number of halogens is 3. The Morgan fingerprint density at radius 3 is 2.52 bits per heavy atom. The summed E-state index contributed by atoms with van der Waals surface area (Å²) in [6.07, 6.45) is -0.0951. The van der Waals surface area contributed by atoms with E-state index in [0.29, 0.717) is 5.02 Å². The number of nitrogens with one attached hydrogen (secondary N) is 1. The van der Waals surface area contributed by atoms with Crippen LogP contribution in [0.2, 0.25) is 5.02 Å². The molecule has 0 bridgehead atoms. The molecule has 1 atom stereocenters. The molecule has 1 unspecified atom stereocenters. The van der Waals surface area contributed by atoms with Crippen molar-refractivity contribution in [3.8, 4) is 0 Å². The normalized spacial score (nSPS) is 17.0. The molecule has 130 valence electrons. The van der Waals surface area contributed by atoms with Gasteiger partial charge in [0.1, 0.15) is 17.3 Å². The molecule has 0 saturated carbocycles. The summed E-state index contributed by atoms with van der Waals surface area (Å²) in [6, 6.07) is 10.5.